The Hall–Kier alpha value is -2.24. The first-order valence-electron chi connectivity index (χ1n) is 9.03. The Labute approximate surface area is 149 Å². The van der Waals surface area contributed by atoms with Crippen molar-refractivity contribution in [2.45, 2.75) is 33.1 Å². The van der Waals surface area contributed by atoms with Crippen LogP contribution in [0.25, 0.3) is 0 Å². The van der Waals surface area contributed by atoms with Crippen LogP contribution in [0.4, 0.5) is 11.6 Å². The fourth-order valence-electron chi connectivity index (χ4n) is 3.86. The SMILES string of the molecule is Cc1ccc(N2CC3CN(c4cc(C(C)(C)C)ncn4)CC3C2)nn1. The van der Waals surface area contributed by atoms with Crippen LogP contribution < -0.4 is 9.80 Å². The van der Waals surface area contributed by atoms with Crippen LogP contribution >= 0.6 is 0 Å². The molecule has 6 heteroatoms. The van der Waals surface area contributed by atoms with E-state index in [4.69, 9.17) is 0 Å². The van der Waals surface area contributed by atoms with Crippen molar-refractivity contribution in [2.24, 2.45) is 11.8 Å². The molecule has 0 saturated carbocycles. The number of hydrogen-bond acceptors (Lipinski definition) is 6. The molecule has 2 aliphatic heterocycles. The van der Waals surface area contributed by atoms with Gasteiger partial charge in [-0.2, -0.15) is 5.10 Å². The Morgan fingerprint density at radius 2 is 1.52 bits per heavy atom. The zero-order valence-corrected chi connectivity index (χ0v) is 15.5. The zero-order valence-electron chi connectivity index (χ0n) is 15.5. The second-order valence-electron chi connectivity index (χ2n) is 8.37. The highest BCUT2D eigenvalue weighted by atomic mass is 15.3. The first kappa shape index (κ1) is 16.2. The predicted molar refractivity (Wildman–Crippen MR) is 98.9 cm³/mol. The zero-order chi connectivity index (χ0) is 17.6. The van der Waals surface area contributed by atoms with Crippen molar-refractivity contribution in [3.05, 3.63) is 35.9 Å². The Morgan fingerprint density at radius 3 is 2.08 bits per heavy atom. The van der Waals surface area contributed by atoms with Crippen LogP contribution in [0.3, 0.4) is 0 Å². The van der Waals surface area contributed by atoms with Crippen LogP contribution in [-0.2, 0) is 5.41 Å². The van der Waals surface area contributed by atoms with Gasteiger partial charge in [0.1, 0.15) is 12.1 Å². The normalized spacial score (nSPS) is 23.2. The molecule has 2 atom stereocenters. The Balaban J connectivity index is 1.45. The molecular formula is C19H26N6. The molecule has 0 aromatic carbocycles. The quantitative estimate of drug-likeness (QED) is 0.838. The molecule has 0 aliphatic carbocycles. The average Bonchev–Trinajstić information content (AvgIpc) is 3.14. The highest BCUT2D eigenvalue weighted by Gasteiger charge is 2.41. The molecule has 4 rings (SSSR count). The summed E-state index contributed by atoms with van der Waals surface area (Å²) in [6.45, 7) is 12.8. The van der Waals surface area contributed by atoms with E-state index in [0.29, 0.717) is 11.8 Å². The van der Waals surface area contributed by atoms with Gasteiger partial charge in [0.25, 0.3) is 0 Å². The molecule has 2 aromatic heterocycles. The molecule has 0 bridgehead atoms. The van der Waals surface area contributed by atoms with Crippen molar-refractivity contribution < 1.29 is 0 Å². The monoisotopic (exact) mass is 338 g/mol. The number of anilines is 2. The summed E-state index contributed by atoms with van der Waals surface area (Å²) in [5, 5.41) is 8.54. The topological polar surface area (TPSA) is 58.0 Å². The standard InChI is InChI=1S/C19H26N6/c1-13-5-6-17(23-22-13)24-8-14-10-25(11-15(14)9-24)18-7-16(19(2,3)4)20-12-21-18/h5-7,12,14-15H,8-11H2,1-4H3. The summed E-state index contributed by atoms with van der Waals surface area (Å²) < 4.78 is 0. The third-order valence-electron chi connectivity index (χ3n) is 5.34. The summed E-state index contributed by atoms with van der Waals surface area (Å²) in [4.78, 5) is 13.8. The van der Waals surface area contributed by atoms with Gasteiger partial charge in [0.05, 0.1) is 11.4 Å². The molecule has 0 N–H and O–H groups in total. The maximum atomic E-state index is 4.53. The van der Waals surface area contributed by atoms with Crippen molar-refractivity contribution >= 4 is 11.6 Å². The smallest absolute Gasteiger partial charge is 0.151 e. The summed E-state index contributed by atoms with van der Waals surface area (Å²) >= 11 is 0. The second-order valence-corrected chi connectivity index (χ2v) is 8.37. The van der Waals surface area contributed by atoms with Crippen LogP contribution in [0, 0.1) is 18.8 Å². The Morgan fingerprint density at radius 1 is 0.880 bits per heavy atom. The van der Waals surface area contributed by atoms with E-state index in [0.717, 1.165) is 49.2 Å². The number of hydrogen-bond donors (Lipinski definition) is 0. The number of aromatic nitrogens is 4. The van der Waals surface area contributed by atoms with E-state index in [2.05, 4.69) is 62.9 Å². The van der Waals surface area contributed by atoms with E-state index in [-0.39, 0.29) is 5.41 Å². The molecule has 2 aliphatic rings. The minimum Gasteiger partial charge on any atom is -0.356 e. The molecule has 0 spiro atoms. The molecule has 2 unspecified atom stereocenters. The lowest BCUT2D eigenvalue weighted by Crippen LogP contribution is -2.30. The first-order valence-corrected chi connectivity index (χ1v) is 9.03. The van der Waals surface area contributed by atoms with Gasteiger partial charge in [-0.05, 0) is 19.1 Å². The third kappa shape index (κ3) is 3.17. The molecule has 0 radical (unpaired) electrons. The van der Waals surface area contributed by atoms with Gasteiger partial charge in [0.2, 0.25) is 0 Å². The van der Waals surface area contributed by atoms with Gasteiger partial charge in [0, 0.05) is 49.5 Å². The highest BCUT2D eigenvalue weighted by molar-refractivity contribution is 5.45. The van der Waals surface area contributed by atoms with Crippen LogP contribution in [0.15, 0.2) is 24.5 Å². The fourth-order valence-corrected chi connectivity index (χ4v) is 3.86. The third-order valence-corrected chi connectivity index (χ3v) is 5.34. The predicted octanol–water partition coefficient (Wildman–Crippen LogP) is 2.45. The highest BCUT2D eigenvalue weighted by Crippen LogP contribution is 2.35. The van der Waals surface area contributed by atoms with E-state index in [1.54, 1.807) is 6.33 Å². The van der Waals surface area contributed by atoms with Gasteiger partial charge in [0.15, 0.2) is 5.82 Å². The molecule has 2 fully saturated rings. The van der Waals surface area contributed by atoms with Crippen LogP contribution in [0.5, 0.6) is 0 Å². The Kier molecular flexibility index (Phi) is 3.85. The van der Waals surface area contributed by atoms with Gasteiger partial charge in [-0.25, -0.2) is 9.97 Å². The van der Waals surface area contributed by atoms with E-state index in [9.17, 15) is 0 Å². The molecule has 0 amide bonds. The van der Waals surface area contributed by atoms with Crippen molar-refractivity contribution in [2.75, 3.05) is 36.0 Å². The largest absolute Gasteiger partial charge is 0.356 e. The minimum atomic E-state index is 0.0498. The lowest BCUT2D eigenvalue weighted by atomic mass is 9.92. The minimum absolute atomic E-state index is 0.0498. The molecule has 2 saturated heterocycles. The summed E-state index contributed by atoms with van der Waals surface area (Å²) in [7, 11) is 0. The summed E-state index contributed by atoms with van der Waals surface area (Å²) in [5.74, 6) is 3.40. The van der Waals surface area contributed by atoms with Gasteiger partial charge in [-0.15, -0.1) is 5.10 Å². The maximum Gasteiger partial charge on any atom is 0.151 e. The van der Waals surface area contributed by atoms with Gasteiger partial charge >= 0.3 is 0 Å². The molecule has 132 valence electrons. The number of nitrogens with zero attached hydrogens (tertiary/aromatic N) is 6. The van der Waals surface area contributed by atoms with E-state index < -0.39 is 0 Å². The van der Waals surface area contributed by atoms with E-state index in [1.807, 2.05) is 13.0 Å². The lowest BCUT2D eigenvalue weighted by Gasteiger charge is -2.24. The molecule has 25 heavy (non-hydrogen) atoms. The lowest BCUT2D eigenvalue weighted by molar-refractivity contribution is 0.533. The fraction of sp³-hybridized carbons (Fsp3) is 0.579. The number of fused-ring (bicyclic) bond motifs is 1. The molecule has 6 nitrogen and oxygen atoms in total. The second kappa shape index (κ2) is 5.93. The van der Waals surface area contributed by atoms with Crippen molar-refractivity contribution in [3.63, 3.8) is 0 Å². The van der Waals surface area contributed by atoms with E-state index in [1.165, 1.54) is 0 Å². The number of aryl methyl sites for hydroxylation is 1. The molecule has 4 heterocycles. The molecular weight excluding hydrogens is 312 g/mol. The maximum absolute atomic E-state index is 4.53. The van der Waals surface area contributed by atoms with Crippen LogP contribution in [0.2, 0.25) is 0 Å². The van der Waals surface area contributed by atoms with Crippen molar-refractivity contribution in [1.29, 1.82) is 0 Å². The van der Waals surface area contributed by atoms with Gasteiger partial charge < -0.3 is 9.80 Å². The first-order chi connectivity index (χ1) is 11.9. The van der Waals surface area contributed by atoms with Gasteiger partial charge in [-0.3, -0.25) is 0 Å². The summed E-state index contributed by atoms with van der Waals surface area (Å²) in [5.41, 5.74) is 2.12. The van der Waals surface area contributed by atoms with Crippen molar-refractivity contribution in [1.82, 2.24) is 20.2 Å². The van der Waals surface area contributed by atoms with Gasteiger partial charge in [-0.1, -0.05) is 20.8 Å². The van der Waals surface area contributed by atoms with E-state index >= 15 is 0 Å². The average molecular weight is 338 g/mol. The molecule has 2 aromatic rings. The summed E-state index contributed by atoms with van der Waals surface area (Å²) in [6, 6.07) is 6.28. The number of rotatable bonds is 2. The van der Waals surface area contributed by atoms with Crippen molar-refractivity contribution in [3.8, 4) is 0 Å². The Bertz CT molecular complexity index is 737. The summed E-state index contributed by atoms with van der Waals surface area (Å²) in [6.07, 6.45) is 1.71. The van der Waals surface area contributed by atoms with Crippen LogP contribution in [-0.4, -0.2) is 46.3 Å². The van der Waals surface area contributed by atoms with Crippen LogP contribution in [0.1, 0.15) is 32.2 Å².